The highest BCUT2D eigenvalue weighted by Gasteiger charge is 2.22. The zero-order valence-corrected chi connectivity index (χ0v) is 17.4. The number of aromatic nitrogens is 1. The van der Waals surface area contributed by atoms with E-state index in [9.17, 15) is 9.59 Å². The van der Waals surface area contributed by atoms with E-state index in [2.05, 4.69) is 15.6 Å². The summed E-state index contributed by atoms with van der Waals surface area (Å²) in [7, 11) is 0. The lowest BCUT2D eigenvalue weighted by Gasteiger charge is -2.18. The predicted octanol–water partition coefficient (Wildman–Crippen LogP) is 3.67. The average Bonchev–Trinajstić information content (AvgIpc) is 2.82. The second kappa shape index (κ2) is 12.1. The van der Waals surface area contributed by atoms with Crippen molar-refractivity contribution < 1.29 is 14.3 Å². The van der Waals surface area contributed by atoms with Crippen LogP contribution in [0.25, 0.3) is 0 Å². The first-order chi connectivity index (χ1) is 15.2. The lowest BCUT2D eigenvalue weighted by molar-refractivity contribution is -0.147. The van der Waals surface area contributed by atoms with E-state index in [0.29, 0.717) is 13.0 Å². The number of amides is 2. The Balaban J connectivity index is 1.51. The number of hydrogen-bond donors (Lipinski definition) is 2. The van der Waals surface area contributed by atoms with Crippen LogP contribution >= 0.6 is 0 Å². The van der Waals surface area contributed by atoms with Crippen molar-refractivity contribution in [3.8, 4) is 0 Å². The third kappa shape index (κ3) is 7.93. The molecule has 31 heavy (non-hydrogen) atoms. The molecule has 0 radical (unpaired) electrons. The maximum Gasteiger partial charge on any atom is 0.329 e. The van der Waals surface area contributed by atoms with E-state index in [4.69, 9.17) is 4.74 Å². The standard InChI is InChI=1S/C25H27N3O3/c29-24(31-19-21-12-5-2-6-13-21)23(18-20-10-3-1-4-11-20)28-25(30)27-17-9-15-22-14-7-8-16-26-22/h1-8,10-14,16,23H,9,15,17-19H2,(H2,27,28,30). The van der Waals surface area contributed by atoms with Gasteiger partial charge in [0.2, 0.25) is 0 Å². The van der Waals surface area contributed by atoms with Crippen LogP contribution < -0.4 is 10.6 Å². The summed E-state index contributed by atoms with van der Waals surface area (Å²) in [5.74, 6) is -0.462. The van der Waals surface area contributed by atoms with Crippen LogP contribution in [0.3, 0.4) is 0 Å². The monoisotopic (exact) mass is 417 g/mol. The molecule has 160 valence electrons. The molecular weight excluding hydrogens is 390 g/mol. The highest BCUT2D eigenvalue weighted by molar-refractivity contribution is 5.83. The van der Waals surface area contributed by atoms with Gasteiger partial charge in [-0.05, 0) is 36.1 Å². The summed E-state index contributed by atoms with van der Waals surface area (Å²) in [5.41, 5.74) is 2.82. The second-order valence-electron chi connectivity index (χ2n) is 7.16. The van der Waals surface area contributed by atoms with Crippen molar-refractivity contribution in [2.24, 2.45) is 0 Å². The molecule has 0 spiro atoms. The van der Waals surface area contributed by atoms with Gasteiger partial charge in [-0.3, -0.25) is 4.98 Å². The van der Waals surface area contributed by atoms with E-state index >= 15 is 0 Å². The Morgan fingerprint density at radius 3 is 2.23 bits per heavy atom. The van der Waals surface area contributed by atoms with Crippen molar-refractivity contribution >= 4 is 12.0 Å². The molecule has 6 heteroatoms. The number of aryl methyl sites for hydroxylation is 1. The molecule has 3 rings (SSSR count). The molecule has 2 amide bonds. The summed E-state index contributed by atoms with van der Waals surface area (Å²) >= 11 is 0. The first-order valence-corrected chi connectivity index (χ1v) is 10.4. The highest BCUT2D eigenvalue weighted by Crippen LogP contribution is 2.07. The molecule has 2 N–H and O–H groups in total. The van der Waals surface area contributed by atoms with E-state index in [1.807, 2.05) is 78.9 Å². The molecule has 0 bridgehead atoms. The summed E-state index contributed by atoms with van der Waals surface area (Å²) in [6.07, 6.45) is 3.64. The number of nitrogens with one attached hydrogen (secondary N) is 2. The number of urea groups is 1. The smallest absolute Gasteiger partial charge is 0.329 e. The molecule has 6 nitrogen and oxygen atoms in total. The molecule has 0 saturated heterocycles. The van der Waals surface area contributed by atoms with Crippen LogP contribution in [0.2, 0.25) is 0 Å². The van der Waals surface area contributed by atoms with Crippen LogP contribution in [0.5, 0.6) is 0 Å². The average molecular weight is 418 g/mol. The third-order valence-electron chi connectivity index (χ3n) is 4.72. The van der Waals surface area contributed by atoms with Gasteiger partial charge >= 0.3 is 12.0 Å². The quantitative estimate of drug-likeness (QED) is 0.390. The first kappa shape index (κ1) is 22.0. The topological polar surface area (TPSA) is 80.3 Å². The number of nitrogens with zero attached hydrogens (tertiary/aromatic N) is 1. The summed E-state index contributed by atoms with van der Waals surface area (Å²) in [6.45, 7) is 0.651. The van der Waals surface area contributed by atoms with Gasteiger partial charge in [-0.15, -0.1) is 0 Å². The first-order valence-electron chi connectivity index (χ1n) is 10.4. The Bertz CT molecular complexity index is 934. The molecule has 0 aliphatic rings. The van der Waals surface area contributed by atoms with Crippen molar-refractivity contribution in [2.45, 2.75) is 31.9 Å². The molecule has 1 unspecified atom stereocenters. The predicted molar refractivity (Wildman–Crippen MR) is 119 cm³/mol. The van der Waals surface area contributed by atoms with E-state index < -0.39 is 18.0 Å². The zero-order valence-electron chi connectivity index (χ0n) is 17.4. The van der Waals surface area contributed by atoms with Crippen LogP contribution in [-0.2, 0) is 29.0 Å². The lowest BCUT2D eigenvalue weighted by Crippen LogP contribution is -2.48. The molecule has 0 fully saturated rings. The van der Waals surface area contributed by atoms with Gasteiger partial charge in [0.15, 0.2) is 0 Å². The van der Waals surface area contributed by atoms with Gasteiger partial charge in [-0.2, -0.15) is 0 Å². The normalized spacial score (nSPS) is 11.4. The highest BCUT2D eigenvalue weighted by atomic mass is 16.5. The van der Waals surface area contributed by atoms with E-state index in [-0.39, 0.29) is 6.61 Å². The van der Waals surface area contributed by atoms with Crippen molar-refractivity contribution in [1.82, 2.24) is 15.6 Å². The summed E-state index contributed by atoms with van der Waals surface area (Å²) in [5, 5.41) is 5.57. The van der Waals surface area contributed by atoms with Gasteiger partial charge in [0.1, 0.15) is 12.6 Å². The number of benzene rings is 2. The van der Waals surface area contributed by atoms with Gasteiger partial charge in [-0.25, -0.2) is 9.59 Å². The van der Waals surface area contributed by atoms with Crippen LogP contribution in [-0.4, -0.2) is 29.6 Å². The number of rotatable bonds is 10. The minimum absolute atomic E-state index is 0.165. The molecule has 2 aromatic carbocycles. The Morgan fingerprint density at radius 2 is 1.55 bits per heavy atom. The maximum atomic E-state index is 12.7. The summed E-state index contributed by atoms with van der Waals surface area (Å²) < 4.78 is 5.46. The fraction of sp³-hybridized carbons (Fsp3) is 0.240. The van der Waals surface area contributed by atoms with Crippen LogP contribution in [0, 0.1) is 0 Å². The molecule has 0 saturated carbocycles. The minimum atomic E-state index is -0.776. The fourth-order valence-electron chi connectivity index (χ4n) is 3.10. The number of pyridine rings is 1. The molecule has 1 atom stereocenters. The summed E-state index contributed by atoms with van der Waals surface area (Å²) in [4.78, 5) is 29.4. The van der Waals surface area contributed by atoms with E-state index in [1.54, 1.807) is 6.20 Å². The Kier molecular flexibility index (Phi) is 8.61. The van der Waals surface area contributed by atoms with Gasteiger partial charge in [0.05, 0.1) is 0 Å². The minimum Gasteiger partial charge on any atom is -0.459 e. The zero-order chi connectivity index (χ0) is 21.7. The Labute approximate surface area is 182 Å². The van der Waals surface area contributed by atoms with Gasteiger partial charge in [0, 0.05) is 24.9 Å². The number of ether oxygens (including phenoxy) is 1. The molecular formula is C25H27N3O3. The lowest BCUT2D eigenvalue weighted by atomic mass is 10.1. The molecule has 1 heterocycles. The molecule has 1 aromatic heterocycles. The Morgan fingerprint density at radius 1 is 0.871 bits per heavy atom. The van der Waals surface area contributed by atoms with E-state index in [0.717, 1.165) is 29.7 Å². The second-order valence-corrected chi connectivity index (χ2v) is 7.16. The van der Waals surface area contributed by atoms with E-state index in [1.165, 1.54) is 0 Å². The molecule has 0 aliphatic carbocycles. The van der Waals surface area contributed by atoms with Gasteiger partial charge < -0.3 is 15.4 Å². The largest absolute Gasteiger partial charge is 0.459 e. The maximum absolute atomic E-state index is 12.7. The van der Waals surface area contributed by atoms with Crippen molar-refractivity contribution in [2.75, 3.05) is 6.54 Å². The third-order valence-corrected chi connectivity index (χ3v) is 4.72. The summed E-state index contributed by atoms with van der Waals surface area (Å²) in [6, 6.07) is 23.6. The van der Waals surface area contributed by atoms with Gasteiger partial charge in [0.25, 0.3) is 0 Å². The number of carbonyl (C=O) groups excluding carboxylic acids is 2. The molecule has 0 aliphatic heterocycles. The number of esters is 1. The number of carbonyl (C=O) groups is 2. The van der Waals surface area contributed by atoms with Crippen molar-refractivity contribution in [3.05, 3.63) is 102 Å². The van der Waals surface area contributed by atoms with Crippen molar-refractivity contribution in [3.63, 3.8) is 0 Å². The van der Waals surface area contributed by atoms with Crippen molar-refractivity contribution in [1.29, 1.82) is 0 Å². The van der Waals surface area contributed by atoms with Gasteiger partial charge in [-0.1, -0.05) is 66.7 Å². The molecule has 3 aromatic rings. The van der Waals surface area contributed by atoms with Crippen LogP contribution in [0.1, 0.15) is 23.2 Å². The van der Waals surface area contributed by atoms with Crippen LogP contribution in [0.4, 0.5) is 4.79 Å². The fourth-order valence-corrected chi connectivity index (χ4v) is 3.10. The van der Waals surface area contributed by atoms with Crippen LogP contribution in [0.15, 0.2) is 85.1 Å². The number of hydrogen-bond acceptors (Lipinski definition) is 4. The SMILES string of the molecule is O=C(NCCCc1ccccn1)NC(Cc1ccccc1)C(=O)OCc1ccccc1. The Hall–Kier alpha value is -3.67.